The number of rotatable bonds is 9. The second kappa shape index (κ2) is 8.76. The molecule has 0 aliphatic heterocycles. The van der Waals surface area contributed by atoms with E-state index in [0.29, 0.717) is 11.4 Å². The van der Waals surface area contributed by atoms with E-state index in [1.807, 2.05) is 26.0 Å². The van der Waals surface area contributed by atoms with Gasteiger partial charge in [-0.2, -0.15) is 0 Å². The molecule has 0 aliphatic carbocycles. The summed E-state index contributed by atoms with van der Waals surface area (Å²) in [5.74, 6) is 0.649. The molecule has 0 bridgehead atoms. The SMILES string of the molecule is CCCCNc1ccc(NS(=O)(=O)c2ccc(OC(C)C)cc2)cc1. The summed E-state index contributed by atoms with van der Waals surface area (Å²) in [4.78, 5) is 0.203. The molecular formula is C19H26N2O3S. The molecule has 0 spiro atoms. The second-order valence-electron chi connectivity index (χ2n) is 6.10. The summed E-state index contributed by atoms with van der Waals surface area (Å²) < 4.78 is 33.1. The highest BCUT2D eigenvalue weighted by Gasteiger charge is 2.14. The zero-order chi connectivity index (χ0) is 18.3. The summed E-state index contributed by atoms with van der Waals surface area (Å²) in [5, 5.41) is 3.30. The Balaban J connectivity index is 2.02. The molecule has 2 aromatic carbocycles. The Morgan fingerprint density at radius 3 is 2.12 bits per heavy atom. The summed E-state index contributed by atoms with van der Waals surface area (Å²) >= 11 is 0. The molecule has 136 valence electrons. The van der Waals surface area contributed by atoms with Crippen LogP contribution in [-0.4, -0.2) is 21.1 Å². The van der Waals surface area contributed by atoms with E-state index in [2.05, 4.69) is 17.0 Å². The van der Waals surface area contributed by atoms with Gasteiger partial charge in [0, 0.05) is 17.9 Å². The van der Waals surface area contributed by atoms with E-state index < -0.39 is 10.0 Å². The van der Waals surface area contributed by atoms with Crippen LogP contribution >= 0.6 is 0 Å². The fourth-order valence-corrected chi connectivity index (χ4v) is 3.31. The maximum absolute atomic E-state index is 12.5. The van der Waals surface area contributed by atoms with Crippen molar-refractivity contribution in [3.8, 4) is 5.75 Å². The highest BCUT2D eigenvalue weighted by molar-refractivity contribution is 7.92. The Morgan fingerprint density at radius 2 is 1.56 bits per heavy atom. The van der Waals surface area contributed by atoms with Gasteiger partial charge in [0.15, 0.2) is 0 Å². The molecule has 2 rings (SSSR count). The largest absolute Gasteiger partial charge is 0.491 e. The Bertz CT molecular complexity index is 754. The molecule has 5 nitrogen and oxygen atoms in total. The first-order valence-electron chi connectivity index (χ1n) is 8.54. The summed E-state index contributed by atoms with van der Waals surface area (Å²) in [7, 11) is -3.62. The number of benzene rings is 2. The minimum Gasteiger partial charge on any atom is -0.491 e. The van der Waals surface area contributed by atoms with Crippen molar-refractivity contribution >= 4 is 21.4 Å². The highest BCUT2D eigenvalue weighted by Crippen LogP contribution is 2.21. The summed E-state index contributed by atoms with van der Waals surface area (Å²) in [6.07, 6.45) is 2.28. The lowest BCUT2D eigenvalue weighted by molar-refractivity contribution is 0.242. The maximum atomic E-state index is 12.5. The second-order valence-corrected chi connectivity index (χ2v) is 7.78. The van der Waals surface area contributed by atoms with Gasteiger partial charge in [0.1, 0.15) is 5.75 Å². The number of nitrogens with one attached hydrogen (secondary N) is 2. The number of sulfonamides is 1. The average Bonchev–Trinajstić information content (AvgIpc) is 2.56. The first kappa shape index (κ1) is 19.1. The molecule has 25 heavy (non-hydrogen) atoms. The van der Waals surface area contributed by atoms with Crippen LogP contribution in [0.5, 0.6) is 5.75 Å². The maximum Gasteiger partial charge on any atom is 0.261 e. The van der Waals surface area contributed by atoms with Crippen LogP contribution in [0.4, 0.5) is 11.4 Å². The van der Waals surface area contributed by atoms with Gasteiger partial charge in [-0.1, -0.05) is 13.3 Å². The lowest BCUT2D eigenvalue weighted by Gasteiger charge is -2.12. The third kappa shape index (κ3) is 5.98. The molecule has 0 aliphatic rings. The average molecular weight is 362 g/mol. The van der Waals surface area contributed by atoms with Crippen LogP contribution in [0.1, 0.15) is 33.6 Å². The summed E-state index contributed by atoms with van der Waals surface area (Å²) in [6, 6.07) is 13.6. The lowest BCUT2D eigenvalue weighted by atomic mass is 10.2. The van der Waals surface area contributed by atoms with Gasteiger partial charge < -0.3 is 10.1 Å². The fraction of sp³-hybridized carbons (Fsp3) is 0.368. The zero-order valence-electron chi connectivity index (χ0n) is 15.0. The Kier molecular flexibility index (Phi) is 6.70. The quantitative estimate of drug-likeness (QED) is 0.645. The van der Waals surface area contributed by atoms with Crippen LogP contribution in [0.2, 0.25) is 0 Å². The Morgan fingerprint density at radius 1 is 0.960 bits per heavy atom. The molecule has 6 heteroatoms. The van der Waals surface area contributed by atoms with Crippen LogP contribution in [0.3, 0.4) is 0 Å². The Labute approximate surface area is 150 Å². The van der Waals surface area contributed by atoms with Crippen molar-refractivity contribution in [2.24, 2.45) is 0 Å². The molecule has 2 N–H and O–H groups in total. The molecule has 0 aromatic heterocycles. The number of unbranched alkanes of at least 4 members (excludes halogenated alkanes) is 1. The van der Waals surface area contributed by atoms with Gasteiger partial charge in [-0.15, -0.1) is 0 Å². The molecule has 0 amide bonds. The van der Waals surface area contributed by atoms with Crippen LogP contribution < -0.4 is 14.8 Å². The van der Waals surface area contributed by atoms with E-state index in [1.54, 1.807) is 36.4 Å². The van der Waals surface area contributed by atoms with E-state index in [0.717, 1.165) is 25.1 Å². The minimum atomic E-state index is -3.62. The number of anilines is 2. The van der Waals surface area contributed by atoms with E-state index in [-0.39, 0.29) is 11.0 Å². The third-order valence-corrected chi connectivity index (χ3v) is 4.90. The molecule has 0 saturated carbocycles. The molecular weight excluding hydrogens is 336 g/mol. The molecule has 0 radical (unpaired) electrons. The topological polar surface area (TPSA) is 67.4 Å². The zero-order valence-corrected chi connectivity index (χ0v) is 15.8. The van der Waals surface area contributed by atoms with Gasteiger partial charge >= 0.3 is 0 Å². The molecule has 0 saturated heterocycles. The van der Waals surface area contributed by atoms with Crippen molar-refractivity contribution in [3.63, 3.8) is 0 Å². The van der Waals surface area contributed by atoms with Gasteiger partial charge in [0.05, 0.1) is 11.0 Å². The molecule has 2 aromatic rings. The molecule has 0 atom stereocenters. The van der Waals surface area contributed by atoms with Gasteiger partial charge in [0.25, 0.3) is 10.0 Å². The van der Waals surface area contributed by atoms with Crippen molar-refractivity contribution in [2.45, 2.75) is 44.6 Å². The normalized spacial score (nSPS) is 11.4. The van der Waals surface area contributed by atoms with Crippen LogP contribution in [0.25, 0.3) is 0 Å². The monoisotopic (exact) mass is 362 g/mol. The predicted molar refractivity (Wildman–Crippen MR) is 103 cm³/mol. The van der Waals surface area contributed by atoms with Gasteiger partial charge in [-0.05, 0) is 68.8 Å². The van der Waals surface area contributed by atoms with Gasteiger partial charge in [-0.3, -0.25) is 4.72 Å². The fourth-order valence-electron chi connectivity index (χ4n) is 2.25. The molecule has 0 heterocycles. The standard InChI is InChI=1S/C19H26N2O3S/c1-4-5-14-20-16-6-8-17(9-7-16)21-25(22,23)19-12-10-18(11-13-19)24-15(2)3/h6-13,15,20-21H,4-5,14H2,1-3H3. The van der Waals surface area contributed by atoms with Gasteiger partial charge in [-0.25, -0.2) is 8.42 Å². The number of hydrogen-bond donors (Lipinski definition) is 2. The lowest BCUT2D eigenvalue weighted by Crippen LogP contribution is -2.13. The van der Waals surface area contributed by atoms with Crippen molar-refractivity contribution in [3.05, 3.63) is 48.5 Å². The molecule has 0 fully saturated rings. The van der Waals surface area contributed by atoms with E-state index in [1.165, 1.54) is 0 Å². The summed E-state index contributed by atoms with van der Waals surface area (Å²) in [5.41, 5.74) is 1.51. The Hall–Kier alpha value is -2.21. The number of hydrogen-bond acceptors (Lipinski definition) is 4. The van der Waals surface area contributed by atoms with Crippen molar-refractivity contribution in [2.75, 3.05) is 16.6 Å². The smallest absolute Gasteiger partial charge is 0.261 e. The van der Waals surface area contributed by atoms with Crippen molar-refractivity contribution < 1.29 is 13.2 Å². The predicted octanol–water partition coefficient (Wildman–Crippen LogP) is 4.49. The summed E-state index contributed by atoms with van der Waals surface area (Å²) in [6.45, 7) is 6.90. The third-order valence-electron chi connectivity index (χ3n) is 3.50. The van der Waals surface area contributed by atoms with Crippen LogP contribution in [0, 0.1) is 0 Å². The first-order valence-corrected chi connectivity index (χ1v) is 10.0. The van der Waals surface area contributed by atoms with Crippen molar-refractivity contribution in [1.29, 1.82) is 0 Å². The van der Waals surface area contributed by atoms with E-state index in [4.69, 9.17) is 4.74 Å². The van der Waals surface area contributed by atoms with E-state index in [9.17, 15) is 8.42 Å². The minimum absolute atomic E-state index is 0.0463. The van der Waals surface area contributed by atoms with E-state index >= 15 is 0 Å². The van der Waals surface area contributed by atoms with Gasteiger partial charge in [0.2, 0.25) is 0 Å². The first-order chi connectivity index (χ1) is 11.9. The van der Waals surface area contributed by atoms with Crippen LogP contribution in [0.15, 0.2) is 53.4 Å². The van der Waals surface area contributed by atoms with Crippen LogP contribution in [-0.2, 0) is 10.0 Å². The van der Waals surface area contributed by atoms with Crippen molar-refractivity contribution in [1.82, 2.24) is 0 Å². The molecule has 0 unspecified atom stereocenters. The number of ether oxygens (including phenoxy) is 1. The highest BCUT2D eigenvalue weighted by atomic mass is 32.2.